The van der Waals surface area contributed by atoms with E-state index in [1.54, 1.807) is 6.07 Å². The smallest absolute Gasteiger partial charge is 0.234 e. The van der Waals surface area contributed by atoms with Crippen LogP contribution in [0.4, 0.5) is 5.82 Å². The number of rotatable bonds is 1. The first kappa shape index (κ1) is 11.6. The highest BCUT2D eigenvalue weighted by Gasteiger charge is 2.27. The van der Waals surface area contributed by atoms with Crippen molar-refractivity contribution in [3.63, 3.8) is 0 Å². The molecule has 1 aliphatic heterocycles. The lowest BCUT2D eigenvalue weighted by Gasteiger charge is -2.21. The Kier molecular flexibility index (Phi) is 2.67. The molecule has 1 saturated heterocycles. The number of carbonyl (C=O) groups is 2. The van der Waals surface area contributed by atoms with Crippen molar-refractivity contribution in [1.82, 2.24) is 10.3 Å². The van der Waals surface area contributed by atoms with Gasteiger partial charge >= 0.3 is 0 Å². The monoisotopic (exact) mass is 255 g/mol. The zero-order chi connectivity index (χ0) is 13.4. The van der Waals surface area contributed by atoms with Gasteiger partial charge in [0.1, 0.15) is 5.82 Å². The maximum absolute atomic E-state index is 11.8. The SMILES string of the molecule is Nc1ccc2cc(C3CCC(=O)NC3=O)ccc2n1. The van der Waals surface area contributed by atoms with Crippen LogP contribution in [-0.2, 0) is 9.59 Å². The number of fused-ring (bicyclic) bond motifs is 1. The third kappa shape index (κ3) is 2.14. The lowest BCUT2D eigenvalue weighted by Crippen LogP contribution is -2.39. The molecule has 2 heterocycles. The number of pyridine rings is 1. The number of nitrogens with zero attached hydrogens (tertiary/aromatic N) is 1. The molecule has 1 atom stereocenters. The number of imide groups is 1. The van der Waals surface area contributed by atoms with Crippen LogP contribution in [-0.4, -0.2) is 16.8 Å². The number of nitrogens with two attached hydrogens (primary N) is 1. The van der Waals surface area contributed by atoms with Gasteiger partial charge in [-0.1, -0.05) is 6.07 Å². The van der Waals surface area contributed by atoms with E-state index in [0.717, 1.165) is 16.5 Å². The summed E-state index contributed by atoms with van der Waals surface area (Å²) in [7, 11) is 0. The van der Waals surface area contributed by atoms with Gasteiger partial charge in [0.15, 0.2) is 0 Å². The summed E-state index contributed by atoms with van der Waals surface area (Å²) in [6, 6.07) is 9.27. The number of benzene rings is 1. The number of carbonyl (C=O) groups excluding carboxylic acids is 2. The summed E-state index contributed by atoms with van der Waals surface area (Å²) in [6.07, 6.45) is 0.938. The molecular formula is C14H13N3O2. The normalized spacial score (nSPS) is 19.5. The first-order chi connectivity index (χ1) is 9.13. The first-order valence-corrected chi connectivity index (χ1v) is 6.13. The van der Waals surface area contributed by atoms with E-state index in [4.69, 9.17) is 5.73 Å². The molecule has 1 aromatic carbocycles. The van der Waals surface area contributed by atoms with Gasteiger partial charge in [-0.25, -0.2) is 4.98 Å². The van der Waals surface area contributed by atoms with Crippen molar-refractivity contribution < 1.29 is 9.59 Å². The highest BCUT2D eigenvalue weighted by atomic mass is 16.2. The van der Waals surface area contributed by atoms with Crippen LogP contribution in [0.1, 0.15) is 24.3 Å². The molecule has 19 heavy (non-hydrogen) atoms. The quantitative estimate of drug-likeness (QED) is 0.753. The highest BCUT2D eigenvalue weighted by Crippen LogP contribution is 2.27. The van der Waals surface area contributed by atoms with E-state index in [1.165, 1.54) is 0 Å². The van der Waals surface area contributed by atoms with Gasteiger partial charge in [-0.05, 0) is 36.2 Å². The molecule has 2 amide bonds. The maximum atomic E-state index is 11.8. The van der Waals surface area contributed by atoms with Gasteiger partial charge in [0.25, 0.3) is 0 Å². The molecule has 2 aromatic rings. The van der Waals surface area contributed by atoms with Crippen molar-refractivity contribution in [2.75, 3.05) is 5.73 Å². The Bertz CT molecular complexity index is 681. The van der Waals surface area contributed by atoms with Crippen LogP contribution in [0.2, 0.25) is 0 Å². The van der Waals surface area contributed by atoms with Gasteiger partial charge in [-0.2, -0.15) is 0 Å². The molecule has 3 N–H and O–H groups in total. The molecule has 96 valence electrons. The molecular weight excluding hydrogens is 242 g/mol. The van der Waals surface area contributed by atoms with Gasteiger partial charge in [0.2, 0.25) is 11.8 Å². The summed E-state index contributed by atoms with van der Waals surface area (Å²) in [5.74, 6) is -0.212. The Morgan fingerprint density at radius 1 is 1.21 bits per heavy atom. The Labute approximate surface area is 109 Å². The van der Waals surface area contributed by atoms with Gasteiger partial charge in [-0.15, -0.1) is 0 Å². The fourth-order valence-corrected chi connectivity index (χ4v) is 2.39. The minimum atomic E-state index is -0.264. The van der Waals surface area contributed by atoms with E-state index in [1.807, 2.05) is 24.3 Å². The molecule has 1 unspecified atom stereocenters. The molecule has 3 rings (SSSR count). The molecule has 0 radical (unpaired) electrons. The predicted octanol–water partition coefficient (Wildman–Crippen LogP) is 1.34. The summed E-state index contributed by atoms with van der Waals surface area (Å²) in [5, 5.41) is 3.31. The van der Waals surface area contributed by atoms with Crippen molar-refractivity contribution in [2.24, 2.45) is 0 Å². The van der Waals surface area contributed by atoms with Gasteiger partial charge < -0.3 is 5.73 Å². The number of anilines is 1. The predicted molar refractivity (Wildman–Crippen MR) is 71.3 cm³/mol. The zero-order valence-electron chi connectivity index (χ0n) is 10.2. The number of nitrogen functional groups attached to an aromatic ring is 1. The highest BCUT2D eigenvalue weighted by molar-refractivity contribution is 6.01. The summed E-state index contributed by atoms with van der Waals surface area (Å²) < 4.78 is 0. The second-order valence-corrected chi connectivity index (χ2v) is 4.69. The molecule has 1 aromatic heterocycles. The van der Waals surface area contributed by atoms with Gasteiger partial charge in [0.05, 0.1) is 11.4 Å². The second-order valence-electron chi connectivity index (χ2n) is 4.69. The summed E-state index contributed by atoms with van der Waals surface area (Å²) in [5.41, 5.74) is 7.34. The minimum absolute atomic E-state index is 0.198. The van der Waals surface area contributed by atoms with E-state index in [-0.39, 0.29) is 17.7 Å². The molecule has 0 aliphatic carbocycles. The summed E-state index contributed by atoms with van der Waals surface area (Å²) >= 11 is 0. The topological polar surface area (TPSA) is 85.1 Å². The number of hydrogen-bond donors (Lipinski definition) is 2. The van der Waals surface area contributed by atoms with E-state index in [0.29, 0.717) is 18.7 Å². The van der Waals surface area contributed by atoms with Crippen molar-refractivity contribution in [2.45, 2.75) is 18.8 Å². The summed E-state index contributed by atoms with van der Waals surface area (Å²) in [4.78, 5) is 27.2. The maximum Gasteiger partial charge on any atom is 0.234 e. The standard InChI is InChI=1S/C14H13N3O2/c15-12-5-2-9-7-8(1-4-11(9)16-12)10-3-6-13(18)17-14(10)19/h1-2,4-5,7,10H,3,6H2,(H2,15,16)(H,17,18,19). The fraction of sp³-hybridized carbons (Fsp3) is 0.214. The number of nitrogens with one attached hydrogen (secondary N) is 1. The number of aromatic nitrogens is 1. The number of piperidine rings is 1. The van der Waals surface area contributed by atoms with E-state index in [2.05, 4.69) is 10.3 Å². The lowest BCUT2D eigenvalue weighted by atomic mass is 9.90. The molecule has 0 bridgehead atoms. The van der Waals surface area contributed by atoms with Crippen molar-refractivity contribution in [3.05, 3.63) is 35.9 Å². The fourth-order valence-electron chi connectivity index (χ4n) is 2.39. The van der Waals surface area contributed by atoms with Crippen molar-refractivity contribution >= 4 is 28.5 Å². The molecule has 0 spiro atoms. The molecule has 5 heteroatoms. The van der Waals surface area contributed by atoms with Crippen molar-refractivity contribution in [3.8, 4) is 0 Å². The van der Waals surface area contributed by atoms with E-state index < -0.39 is 0 Å². The van der Waals surface area contributed by atoms with Crippen LogP contribution in [0.25, 0.3) is 10.9 Å². The number of hydrogen-bond acceptors (Lipinski definition) is 4. The van der Waals surface area contributed by atoms with Crippen LogP contribution in [0.3, 0.4) is 0 Å². The first-order valence-electron chi connectivity index (χ1n) is 6.13. The molecule has 1 fully saturated rings. The number of amides is 2. The Morgan fingerprint density at radius 2 is 2.05 bits per heavy atom. The largest absolute Gasteiger partial charge is 0.384 e. The molecule has 5 nitrogen and oxygen atoms in total. The van der Waals surface area contributed by atoms with Gasteiger partial charge in [0, 0.05) is 11.8 Å². The van der Waals surface area contributed by atoms with Crippen LogP contribution in [0.5, 0.6) is 0 Å². The van der Waals surface area contributed by atoms with Crippen LogP contribution >= 0.6 is 0 Å². The Morgan fingerprint density at radius 3 is 2.84 bits per heavy atom. The second kappa shape index (κ2) is 4.35. The average molecular weight is 255 g/mol. The third-order valence-corrected chi connectivity index (χ3v) is 3.38. The lowest BCUT2D eigenvalue weighted by molar-refractivity contribution is -0.134. The molecule has 0 saturated carbocycles. The average Bonchev–Trinajstić information content (AvgIpc) is 2.38. The van der Waals surface area contributed by atoms with Crippen LogP contribution < -0.4 is 11.1 Å². The third-order valence-electron chi connectivity index (χ3n) is 3.38. The van der Waals surface area contributed by atoms with Gasteiger partial charge in [-0.3, -0.25) is 14.9 Å². The van der Waals surface area contributed by atoms with Crippen molar-refractivity contribution in [1.29, 1.82) is 0 Å². The van der Waals surface area contributed by atoms with Crippen LogP contribution in [0, 0.1) is 0 Å². The zero-order valence-corrected chi connectivity index (χ0v) is 10.2. The Balaban J connectivity index is 1.99. The summed E-state index contributed by atoms with van der Waals surface area (Å²) in [6.45, 7) is 0. The minimum Gasteiger partial charge on any atom is -0.384 e. The van der Waals surface area contributed by atoms with Crippen LogP contribution in [0.15, 0.2) is 30.3 Å². The van der Waals surface area contributed by atoms with E-state index >= 15 is 0 Å². The van der Waals surface area contributed by atoms with E-state index in [9.17, 15) is 9.59 Å². The molecule has 1 aliphatic rings. The Hall–Kier alpha value is -2.43.